The Morgan fingerprint density at radius 1 is 1.50 bits per heavy atom. The molecule has 18 heavy (non-hydrogen) atoms. The predicted octanol–water partition coefficient (Wildman–Crippen LogP) is 1.95. The normalized spacial score (nSPS) is 10.8. The molecule has 2 aromatic rings. The zero-order valence-electron chi connectivity index (χ0n) is 10.5. The van der Waals surface area contributed by atoms with Gasteiger partial charge in [0.2, 0.25) is 0 Å². The lowest BCUT2D eigenvalue weighted by atomic mass is 10.3. The van der Waals surface area contributed by atoms with Crippen LogP contribution in [0.1, 0.15) is 35.9 Å². The minimum Gasteiger partial charge on any atom is -0.476 e. The second-order valence-corrected chi connectivity index (χ2v) is 4.17. The van der Waals surface area contributed by atoms with Crippen LogP contribution in [0.2, 0.25) is 0 Å². The molecule has 6 nitrogen and oxygen atoms in total. The van der Waals surface area contributed by atoms with Crippen molar-refractivity contribution in [3.05, 3.63) is 23.5 Å². The number of fused-ring (bicyclic) bond motifs is 1. The van der Waals surface area contributed by atoms with E-state index in [0.717, 1.165) is 30.9 Å². The summed E-state index contributed by atoms with van der Waals surface area (Å²) in [4.78, 5) is 15.2. The largest absolute Gasteiger partial charge is 0.476 e. The molecular formula is C12H16N4O2. The van der Waals surface area contributed by atoms with E-state index in [2.05, 4.69) is 22.3 Å². The lowest BCUT2D eigenvalue weighted by Crippen LogP contribution is -2.08. The highest BCUT2D eigenvalue weighted by Crippen LogP contribution is 2.14. The van der Waals surface area contributed by atoms with E-state index in [4.69, 9.17) is 5.11 Å². The molecule has 2 rings (SSSR count). The first kappa shape index (κ1) is 12.3. The Labute approximate surface area is 105 Å². The van der Waals surface area contributed by atoms with Crippen molar-refractivity contribution in [1.82, 2.24) is 14.6 Å². The number of carboxylic acids is 1. The molecule has 0 saturated heterocycles. The van der Waals surface area contributed by atoms with Crippen LogP contribution in [-0.2, 0) is 0 Å². The molecule has 6 heteroatoms. The van der Waals surface area contributed by atoms with Crippen LogP contribution in [-0.4, -0.2) is 32.2 Å². The smallest absolute Gasteiger partial charge is 0.356 e. The van der Waals surface area contributed by atoms with Gasteiger partial charge in [-0.05, 0) is 13.3 Å². The maximum absolute atomic E-state index is 10.9. The summed E-state index contributed by atoms with van der Waals surface area (Å²) in [5.74, 6) is -0.267. The quantitative estimate of drug-likeness (QED) is 0.790. The number of rotatable bonds is 5. The van der Waals surface area contributed by atoms with Crippen molar-refractivity contribution in [1.29, 1.82) is 0 Å². The second-order valence-electron chi connectivity index (χ2n) is 4.17. The van der Waals surface area contributed by atoms with Gasteiger partial charge in [-0.2, -0.15) is 9.61 Å². The fourth-order valence-electron chi connectivity index (χ4n) is 1.72. The Morgan fingerprint density at radius 2 is 2.28 bits per heavy atom. The maximum Gasteiger partial charge on any atom is 0.356 e. The summed E-state index contributed by atoms with van der Waals surface area (Å²) in [6.45, 7) is 4.82. The molecule has 96 valence electrons. The van der Waals surface area contributed by atoms with Crippen molar-refractivity contribution in [3.8, 4) is 0 Å². The monoisotopic (exact) mass is 248 g/mol. The SMILES string of the molecule is CCCCNc1cc(C)nc2cc(C(=O)O)nn12. The summed E-state index contributed by atoms with van der Waals surface area (Å²) in [5.41, 5.74) is 1.39. The van der Waals surface area contributed by atoms with E-state index in [9.17, 15) is 4.79 Å². The molecule has 2 heterocycles. The molecule has 2 N–H and O–H groups in total. The summed E-state index contributed by atoms with van der Waals surface area (Å²) in [7, 11) is 0. The molecule has 0 amide bonds. The minimum absolute atomic E-state index is 0.00615. The van der Waals surface area contributed by atoms with E-state index in [1.165, 1.54) is 10.6 Å². The Balaban J connectivity index is 2.40. The van der Waals surface area contributed by atoms with Gasteiger partial charge in [0, 0.05) is 24.4 Å². The molecule has 0 radical (unpaired) electrons. The van der Waals surface area contributed by atoms with Crippen molar-refractivity contribution >= 4 is 17.4 Å². The minimum atomic E-state index is -1.04. The summed E-state index contributed by atoms with van der Waals surface area (Å²) in [6.07, 6.45) is 2.15. The number of aromatic carboxylic acids is 1. The molecule has 0 aliphatic carbocycles. The Hall–Kier alpha value is -2.11. The topological polar surface area (TPSA) is 79.5 Å². The molecule has 0 atom stereocenters. The van der Waals surface area contributed by atoms with Crippen LogP contribution < -0.4 is 5.32 Å². The molecule has 2 aromatic heterocycles. The van der Waals surface area contributed by atoms with Crippen LogP contribution >= 0.6 is 0 Å². The van der Waals surface area contributed by atoms with Gasteiger partial charge in [-0.1, -0.05) is 13.3 Å². The Kier molecular flexibility index (Phi) is 3.45. The third-order valence-electron chi connectivity index (χ3n) is 2.61. The zero-order chi connectivity index (χ0) is 13.1. The molecule has 0 spiro atoms. The average molecular weight is 248 g/mol. The van der Waals surface area contributed by atoms with Gasteiger partial charge in [-0.3, -0.25) is 0 Å². The molecule has 0 aliphatic rings. The van der Waals surface area contributed by atoms with Crippen molar-refractivity contribution in [3.63, 3.8) is 0 Å². The summed E-state index contributed by atoms with van der Waals surface area (Å²) in [6, 6.07) is 3.33. The number of anilines is 1. The first-order valence-corrected chi connectivity index (χ1v) is 5.96. The number of unbranched alkanes of at least 4 members (excludes halogenated alkanes) is 1. The van der Waals surface area contributed by atoms with Gasteiger partial charge in [-0.15, -0.1) is 0 Å². The van der Waals surface area contributed by atoms with Crippen molar-refractivity contribution < 1.29 is 9.90 Å². The van der Waals surface area contributed by atoms with Crippen LogP contribution in [0.15, 0.2) is 12.1 Å². The van der Waals surface area contributed by atoms with Crippen molar-refractivity contribution in [2.45, 2.75) is 26.7 Å². The second kappa shape index (κ2) is 5.03. The van der Waals surface area contributed by atoms with Gasteiger partial charge in [0.25, 0.3) is 0 Å². The fourth-order valence-corrected chi connectivity index (χ4v) is 1.72. The third-order valence-corrected chi connectivity index (χ3v) is 2.61. The highest BCUT2D eigenvalue weighted by atomic mass is 16.4. The number of nitrogens with one attached hydrogen (secondary N) is 1. The molecule has 0 saturated carbocycles. The van der Waals surface area contributed by atoms with Gasteiger partial charge in [0.15, 0.2) is 11.3 Å². The standard InChI is InChI=1S/C12H16N4O2/c1-3-4-5-13-10-6-8(2)14-11-7-9(12(17)18)15-16(10)11/h6-7,13H,3-5H2,1-2H3,(H,17,18). The van der Waals surface area contributed by atoms with Gasteiger partial charge in [0.1, 0.15) is 5.82 Å². The predicted molar refractivity (Wildman–Crippen MR) is 68.1 cm³/mol. The van der Waals surface area contributed by atoms with E-state index < -0.39 is 5.97 Å². The molecule has 0 bridgehead atoms. The van der Waals surface area contributed by atoms with Crippen LogP contribution in [0.4, 0.5) is 5.82 Å². The zero-order valence-corrected chi connectivity index (χ0v) is 10.5. The summed E-state index contributed by atoms with van der Waals surface area (Å²) in [5, 5.41) is 16.2. The summed E-state index contributed by atoms with van der Waals surface area (Å²) < 4.78 is 1.53. The molecule has 0 aromatic carbocycles. The first-order chi connectivity index (χ1) is 8.61. The number of nitrogens with zero attached hydrogens (tertiary/aromatic N) is 3. The molecular weight excluding hydrogens is 232 g/mol. The third kappa shape index (κ3) is 2.42. The van der Waals surface area contributed by atoms with Gasteiger partial charge in [-0.25, -0.2) is 9.78 Å². The van der Waals surface area contributed by atoms with Gasteiger partial charge in [0.05, 0.1) is 0 Å². The van der Waals surface area contributed by atoms with Crippen LogP contribution in [0.5, 0.6) is 0 Å². The van der Waals surface area contributed by atoms with E-state index in [1.807, 2.05) is 13.0 Å². The number of hydrogen-bond acceptors (Lipinski definition) is 4. The average Bonchev–Trinajstić information content (AvgIpc) is 2.73. The van der Waals surface area contributed by atoms with E-state index in [0.29, 0.717) is 5.65 Å². The van der Waals surface area contributed by atoms with E-state index in [1.54, 1.807) is 0 Å². The lowest BCUT2D eigenvalue weighted by Gasteiger charge is -2.08. The van der Waals surface area contributed by atoms with Crippen LogP contribution in [0.25, 0.3) is 5.65 Å². The van der Waals surface area contributed by atoms with Gasteiger partial charge >= 0.3 is 5.97 Å². The maximum atomic E-state index is 10.9. The number of aromatic nitrogens is 3. The van der Waals surface area contributed by atoms with Crippen LogP contribution in [0.3, 0.4) is 0 Å². The lowest BCUT2D eigenvalue weighted by molar-refractivity contribution is 0.0690. The number of aryl methyl sites for hydroxylation is 1. The Morgan fingerprint density at radius 3 is 2.94 bits per heavy atom. The van der Waals surface area contributed by atoms with Gasteiger partial charge < -0.3 is 10.4 Å². The highest BCUT2D eigenvalue weighted by molar-refractivity contribution is 5.86. The highest BCUT2D eigenvalue weighted by Gasteiger charge is 2.12. The van der Waals surface area contributed by atoms with E-state index >= 15 is 0 Å². The summed E-state index contributed by atoms with van der Waals surface area (Å²) >= 11 is 0. The van der Waals surface area contributed by atoms with Crippen molar-refractivity contribution in [2.24, 2.45) is 0 Å². The van der Waals surface area contributed by atoms with E-state index in [-0.39, 0.29) is 5.69 Å². The first-order valence-electron chi connectivity index (χ1n) is 5.96. The fraction of sp³-hybridized carbons (Fsp3) is 0.417. The molecule has 0 fully saturated rings. The van der Waals surface area contributed by atoms with Crippen molar-refractivity contribution in [2.75, 3.05) is 11.9 Å². The number of carboxylic acid groups (broad SMARTS) is 1. The number of hydrogen-bond donors (Lipinski definition) is 2. The Bertz CT molecular complexity index is 577. The number of carbonyl (C=O) groups is 1. The van der Waals surface area contributed by atoms with Crippen LogP contribution in [0, 0.1) is 6.92 Å². The molecule has 0 aliphatic heterocycles. The molecule has 0 unspecified atom stereocenters.